The molecule has 0 spiro atoms. The molecule has 0 aliphatic carbocycles. The number of para-hydroxylation sites is 1. The molecule has 1 atom stereocenters. The first-order valence-corrected chi connectivity index (χ1v) is 14.6. The van der Waals surface area contributed by atoms with Crippen LogP contribution >= 0.6 is 11.3 Å². The van der Waals surface area contributed by atoms with Gasteiger partial charge in [-0.2, -0.15) is 0 Å². The average molecular weight is 561 g/mol. The summed E-state index contributed by atoms with van der Waals surface area (Å²) in [4.78, 5) is 44.8. The molecule has 4 aromatic rings. The van der Waals surface area contributed by atoms with Crippen LogP contribution in [-0.4, -0.2) is 49.0 Å². The van der Waals surface area contributed by atoms with Gasteiger partial charge in [-0.1, -0.05) is 18.2 Å². The Bertz CT molecular complexity index is 1760. The first-order valence-electron chi connectivity index (χ1n) is 11.5. The van der Waals surface area contributed by atoms with Gasteiger partial charge in [0.1, 0.15) is 28.4 Å². The number of aromatic nitrogens is 3. The predicted molar refractivity (Wildman–Crippen MR) is 146 cm³/mol. The quantitative estimate of drug-likeness (QED) is 0.345. The summed E-state index contributed by atoms with van der Waals surface area (Å²) >= 11 is 1.13. The summed E-state index contributed by atoms with van der Waals surface area (Å²) in [6.07, 6.45) is 5.83. The van der Waals surface area contributed by atoms with Crippen LogP contribution in [0.3, 0.4) is 0 Å². The number of oxazole rings is 1. The molecule has 3 aromatic heterocycles. The van der Waals surface area contributed by atoms with E-state index in [9.17, 15) is 23.7 Å². The summed E-state index contributed by atoms with van der Waals surface area (Å²) in [5.41, 5.74) is -2.34. The summed E-state index contributed by atoms with van der Waals surface area (Å²) < 4.78 is 30.4. The number of fused-ring (bicyclic) bond motifs is 1. The number of nitrogens with zero attached hydrogens (tertiary/aromatic N) is 4. The number of methoxy groups -OCH3 is 1. The molecule has 1 N–H and O–H groups in total. The number of hydrogen-bond donors (Lipinski definition) is 1. The molecular formula is C25H28N4O7S2. The Labute approximate surface area is 222 Å². The van der Waals surface area contributed by atoms with E-state index in [1.54, 1.807) is 31.2 Å². The lowest BCUT2D eigenvalue weighted by molar-refractivity contribution is -0.146. The molecule has 3 heterocycles. The zero-order chi connectivity index (χ0) is 28.0. The van der Waals surface area contributed by atoms with Crippen LogP contribution in [0.5, 0.6) is 5.75 Å². The third-order valence-corrected chi connectivity index (χ3v) is 8.22. The van der Waals surface area contributed by atoms with Gasteiger partial charge in [0, 0.05) is 27.8 Å². The number of thiophene rings is 1. The Morgan fingerprint density at radius 2 is 1.97 bits per heavy atom. The molecule has 0 aliphatic rings. The highest BCUT2D eigenvalue weighted by Crippen LogP contribution is 2.37. The Balaban J connectivity index is 2.11. The maximum atomic E-state index is 13.9. The third kappa shape index (κ3) is 4.78. The van der Waals surface area contributed by atoms with Crippen LogP contribution in [0.2, 0.25) is 0 Å². The summed E-state index contributed by atoms with van der Waals surface area (Å²) in [6.45, 7) is 4.14. The van der Waals surface area contributed by atoms with Crippen LogP contribution in [0, 0.1) is 6.92 Å². The number of carboxylic acid groups (broad SMARTS) is 1. The second kappa shape index (κ2) is 9.87. The minimum absolute atomic E-state index is 0.130. The van der Waals surface area contributed by atoms with Crippen LogP contribution in [0.25, 0.3) is 21.0 Å². The van der Waals surface area contributed by atoms with E-state index in [1.165, 1.54) is 50.5 Å². The number of benzene rings is 1. The number of rotatable bonds is 8. The monoisotopic (exact) mass is 560 g/mol. The van der Waals surface area contributed by atoms with Gasteiger partial charge in [-0.15, -0.1) is 11.3 Å². The first-order chi connectivity index (χ1) is 17.8. The predicted octanol–water partition coefficient (Wildman–Crippen LogP) is 3.49. The average Bonchev–Trinajstić information content (AvgIpc) is 3.48. The molecule has 0 amide bonds. The van der Waals surface area contributed by atoms with Crippen LogP contribution < -0.4 is 16.0 Å². The van der Waals surface area contributed by atoms with E-state index < -0.39 is 38.5 Å². The van der Waals surface area contributed by atoms with Crippen molar-refractivity contribution in [2.45, 2.75) is 38.9 Å². The van der Waals surface area contributed by atoms with Crippen molar-refractivity contribution in [2.75, 3.05) is 19.6 Å². The number of carbonyl (C=O) groups is 1. The largest absolute Gasteiger partial charge is 0.496 e. The maximum Gasteiger partial charge on any atom is 0.333 e. The molecule has 202 valence electrons. The fourth-order valence-corrected chi connectivity index (χ4v) is 6.28. The topological polar surface area (TPSA) is 146 Å². The van der Waals surface area contributed by atoms with Crippen LogP contribution in [0.4, 0.5) is 0 Å². The standard InChI is InChI=1S/C25H28N4O7S2/c1-14-18-21(30)29(25(2,3)23(31)32)24(33)28(22(18)37-19(14)20-26-11-12-36-20)13-16(27-38(5,6)34)15-9-7-8-10-17(15)35-4/h7-12,16H,13H2,1-6H3,(H,31,32). The summed E-state index contributed by atoms with van der Waals surface area (Å²) in [7, 11) is -1.17. The second-order valence-corrected chi connectivity index (χ2v) is 13.1. The van der Waals surface area contributed by atoms with Gasteiger partial charge in [0.15, 0.2) is 0 Å². The Morgan fingerprint density at radius 1 is 1.29 bits per heavy atom. The Kier molecular flexibility index (Phi) is 7.10. The number of hydrogen-bond acceptors (Lipinski definition) is 9. The van der Waals surface area contributed by atoms with Crippen molar-refractivity contribution in [2.24, 2.45) is 4.36 Å². The van der Waals surface area contributed by atoms with Crippen molar-refractivity contribution in [1.29, 1.82) is 0 Å². The fourth-order valence-electron chi connectivity index (χ4n) is 4.25. The van der Waals surface area contributed by atoms with E-state index in [1.807, 2.05) is 0 Å². The molecule has 0 aliphatic heterocycles. The lowest BCUT2D eigenvalue weighted by Crippen LogP contribution is -2.52. The van der Waals surface area contributed by atoms with Crippen molar-refractivity contribution in [1.82, 2.24) is 14.1 Å². The van der Waals surface area contributed by atoms with Crippen LogP contribution in [-0.2, 0) is 26.6 Å². The summed E-state index contributed by atoms with van der Waals surface area (Å²) in [6, 6.07) is 6.22. The molecule has 0 saturated carbocycles. The molecule has 1 unspecified atom stereocenters. The zero-order valence-electron chi connectivity index (χ0n) is 21.8. The lowest BCUT2D eigenvalue weighted by Gasteiger charge is -2.24. The van der Waals surface area contributed by atoms with Gasteiger partial charge in [-0.3, -0.25) is 13.6 Å². The lowest BCUT2D eigenvalue weighted by atomic mass is 10.0. The SMILES string of the molecule is COc1ccccc1C(Cn1c(=O)n(C(C)(C)C(=O)O)c(=O)c2c(C)c(-c3ncco3)sc21)N=S(C)(C)=O. The van der Waals surface area contributed by atoms with E-state index in [2.05, 4.69) is 9.35 Å². The molecule has 0 bridgehead atoms. The highest BCUT2D eigenvalue weighted by molar-refractivity contribution is 7.92. The van der Waals surface area contributed by atoms with E-state index in [0.717, 1.165) is 15.9 Å². The fraction of sp³-hybridized carbons (Fsp3) is 0.360. The van der Waals surface area contributed by atoms with Gasteiger partial charge in [-0.25, -0.2) is 23.5 Å². The molecule has 38 heavy (non-hydrogen) atoms. The van der Waals surface area contributed by atoms with Crippen molar-refractivity contribution in [3.8, 4) is 16.5 Å². The van der Waals surface area contributed by atoms with Gasteiger partial charge in [0.2, 0.25) is 5.89 Å². The molecule has 4 rings (SSSR count). The molecule has 13 heteroatoms. The van der Waals surface area contributed by atoms with Gasteiger partial charge in [0.05, 0.1) is 30.1 Å². The smallest absolute Gasteiger partial charge is 0.333 e. The van der Waals surface area contributed by atoms with E-state index in [4.69, 9.17) is 9.15 Å². The second-order valence-electron chi connectivity index (χ2n) is 9.52. The van der Waals surface area contributed by atoms with E-state index >= 15 is 0 Å². The Hall–Kier alpha value is -3.71. The summed E-state index contributed by atoms with van der Waals surface area (Å²) in [5.74, 6) is -0.599. The molecule has 1 aromatic carbocycles. The first kappa shape index (κ1) is 27.3. The maximum absolute atomic E-state index is 13.9. The minimum atomic E-state index is -2.66. The number of aliphatic carboxylic acids is 1. The molecular weight excluding hydrogens is 532 g/mol. The highest BCUT2D eigenvalue weighted by Gasteiger charge is 2.36. The summed E-state index contributed by atoms with van der Waals surface area (Å²) in [5, 5.41) is 10.1. The molecule has 0 saturated heterocycles. The van der Waals surface area contributed by atoms with E-state index in [-0.39, 0.29) is 17.8 Å². The van der Waals surface area contributed by atoms with Crippen molar-refractivity contribution >= 4 is 37.3 Å². The number of ether oxygens (including phenoxy) is 1. The minimum Gasteiger partial charge on any atom is -0.496 e. The van der Waals surface area contributed by atoms with Gasteiger partial charge in [-0.05, 0) is 32.4 Å². The normalized spacial score (nSPS) is 13.0. The van der Waals surface area contributed by atoms with Gasteiger partial charge < -0.3 is 14.3 Å². The zero-order valence-corrected chi connectivity index (χ0v) is 23.4. The van der Waals surface area contributed by atoms with Gasteiger partial charge in [0.25, 0.3) is 5.56 Å². The number of aryl methyl sites for hydroxylation is 1. The van der Waals surface area contributed by atoms with E-state index in [0.29, 0.717) is 26.6 Å². The van der Waals surface area contributed by atoms with Crippen molar-refractivity contribution in [3.63, 3.8) is 0 Å². The Morgan fingerprint density at radius 3 is 2.55 bits per heavy atom. The molecule has 0 fully saturated rings. The highest BCUT2D eigenvalue weighted by atomic mass is 32.2. The van der Waals surface area contributed by atoms with Gasteiger partial charge >= 0.3 is 11.7 Å². The third-order valence-electron chi connectivity index (χ3n) is 6.16. The molecule has 11 nitrogen and oxygen atoms in total. The molecule has 0 radical (unpaired) electrons. The van der Waals surface area contributed by atoms with Crippen molar-refractivity contribution in [3.05, 3.63) is 68.7 Å². The number of carboxylic acids is 1. The van der Waals surface area contributed by atoms with Crippen LogP contribution in [0.1, 0.15) is 31.0 Å². The van der Waals surface area contributed by atoms with Crippen molar-refractivity contribution < 1.29 is 23.3 Å². The van der Waals surface area contributed by atoms with Crippen LogP contribution in [0.15, 0.2) is 55.1 Å².